The van der Waals surface area contributed by atoms with E-state index < -0.39 is 0 Å². The average molecular weight is 220 g/mol. The molecule has 0 bridgehead atoms. The Labute approximate surface area is 92.5 Å². The molecule has 0 aromatic heterocycles. The predicted molar refractivity (Wildman–Crippen MR) is 57.7 cm³/mol. The average Bonchev–Trinajstić information content (AvgIpc) is 2.69. The van der Waals surface area contributed by atoms with Crippen molar-refractivity contribution in [3.8, 4) is 11.5 Å². The van der Waals surface area contributed by atoms with Crippen LogP contribution in [-0.2, 0) is 11.2 Å². The number of nitrogens with one attached hydrogen (secondary N) is 1. The van der Waals surface area contributed by atoms with Crippen molar-refractivity contribution in [2.45, 2.75) is 12.5 Å². The van der Waals surface area contributed by atoms with Crippen molar-refractivity contribution in [2.75, 3.05) is 18.5 Å². The molecule has 1 amide bonds. The maximum atomic E-state index is 11.3. The summed E-state index contributed by atoms with van der Waals surface area (Å²) in [7, 11) is 0. The van der Waals surface area contributed by atoms with Gasteiger partial charge in [0.1, 0.15) is 12.7 Å². The summed E-state index contributed by atoms with van der Waals surface area (Å²) in [4.78, 5) is 11.3. The minimum atomic E-state index is -0.130. The monoisotopic (exact) mass is 220 g/mol. The molecule has 0 radical (unpaired) electrons. The number of anilines is 1. The Morgan fingerprint density at radius 3 is 3.19 bits per heavy atom. The second kappa shape index (κ2) is 3.38. The molecule has 84 valence electrons. The van der Waals surface area contributed by atoms with Crippen molar-refractivity contribution in [1.29, 1.82) is 0 Å². The van der Waals surface area contributed by atoms with Gasteiger partial charge in [0.15, 0.2) is 11.5 Å². The van der Waals surface area contributed by atoms with Crippen molar-refractivity contribution < 1.29 is 14.3 Å². The lowest BCUT2D eigenvalue weighted by Crippen LogP contribution is -2.36. The minimum absolute atomic E-state index is 0.0122. The number of hydrogen-bond donors (Lipinski definition) is 2. The number of ether oxygens (including phenoxy) is 2. The van der Waals surface area contributed by atoms with Gasteiger partial charge in [-0.3, -0.25) is 4.79 Å². The van der Waals surface area contributed by atoms with Gasteiger partial charge in [0.05, 0.1) is 6.42 Å². The van der Waals surface area contributed by atoms with Crippen LogP contribution in [0.3, 0.4) is 0 Å². The van der Waals surface area contributed by atoms with Crippen LogP contribution in [-0.4, -0.2) is 25.2 Å². The quantitative estimate of drug-likeness (QED) is 0.713. The first-order chi connectivity index (χ1) is 7.78. The molecule has 0 fully saturated rings. The Balaban J connectivity index is 2.04. The molecule has 3 N–H and O–H groups in total. The highest BCUT2D eigenvalue weighted by Crippen LogP contribution is 2.41. The molecule has 5 heteroatoms. The SMILES string of the molecule is NC[C@H]1COc2ccc3c(c2O1)CC(=O)N3. The number of carbonyl (C=O) groups excluding carboxylic acids is 1. The third-order valence-electron chi connectivity index (χ3n) is 2.81. The number of benzene rings is 1. The summed E-state index contributed by atoms with van der Waals surface area (Å²) >= 11 is 0. The van der Waals surface area contributed by atoms with E-state index in [-0.39, 0.29) is 12.0 Å². The Hall–Kier alpha value is -1.75. The van der Waals surface area contributed by atoms with Gasteiger partial charge in [-0.2, -0.15) is 0 Å². The molecule has 2 heterocycles. The van der Waals surface area contributed by atoms with Crippen LogP contribution < -0.4 is 20.5 Å². The highest BCUT2D eigenvalue weighted by Gasteiger charge is 2.29. The van der Waals surface area contributed by atoms with E-state index in [0.29, 0.717) is 31.1 Å². The third-order valence-corrected chi connectivity index (χ3v) is 2.81. The molecule has 3 rings (SSSR count). The van der Waals surface area contributed by atoms with E-state index in [1.807, 2.05) is 12.1 Å². The van der Waals surface area contributed by atoms with Gasteiger partial charge < -0.3 is 20.5 Å². The molecule has 1 atom stereocenters. The van der Waals surface area contributed by atoms with Gasteiger partial charge in [-0.15, -0.1) is 0 Å². The van der Waals surface area contributed by atoms with E-state index in [1.165, 1.54) is 0 Å². The van der Waals surface area contributed by atoms with Gasteiger partial charge in [-0.25, -0.2) is 0 Å². The zero-order valence-electron chi connectivity index (χ0n) is 8.66. The van der Waals surface area contributed by atoms with E-state index >= 15 is 0 Å². The molecule has 2 aliphatic heterocycles. The van der Waals surface area contributed by atoms with Crippen LogP contribution in [0.2, 0.25) is 0 Å². The van der Waals surface area contributed by atoms with Crippen LogP contribution in [0.15, 0.2) is 12.1 Å². The summed E-state index contributed by atoms with van der Waals surface area (Å²) in [6.45, 7) is 0.869. The summed E-state index contributed by atoms with van der Waals surface area (Å²) in [6, 6.07) is 3.65. The van der Waals surface area contributed by atoms with Crippen LogP contribution >= 0.6 is 0 Å². The summed E-state index contributed by atoms with van der Waals surface area (Å²) in [5, 5.41) is 2.77. The summed E-state index contributed by atoms with van der Waals surface area (Å²) in [5.41, 5.74) is 7.23. The fourth-order valence-corrected chi connectivity index (χ4v) is 2.00. The number of amides is 1. The van der Waals surface area contributed by atoms with Gasteiger partial charge in [0, 0.05) is 17.8 Å². The van der Waals surface area contributed by atoms with E-state index in [9.17, 15) is 4.79 Å². The molecule has 5 nitrogen and oxygen atoms in total. The van der Waals surface area contributed by atoms with Gasteiger partial charge in [0.2, 0.25) is 5.91 Å². The van der Waals surface area contributed by atoms with Crippen molar-refractivity contribution in [1.82, 2.24) is 0 Å². The summed E-state index contributed by atoms with van der Waals surface area (Å²) in [5.74, 6) is 1.35. The second-order valence-corrected chi connectivity index (χ2v) is 3.93. The molecule has 0 spiro atoms. The van der Waals surface area contributed by atoms with Crippen LogP contribution in [0, 0.1) is 0 Å². The Kier molecular flexibility index (Phi) is 2.00. The van der Waals surface area contributed by atoms with Crippen LogP contribution in [0.1, 0.15) is 5.56 Å². The number of nitrogens with two attached hydrogens (primary N) is 1. The largest absolute Gasteiger partial charge is 0.486 e. The topological polar surface area (TPSA) is 73.6 Å². The minimum Gasteiger partial charge on any atom is -0.486 e. The zero-order valence-corrected chi connectivity index (χ0v) is 8.66. The lowest BCUT2D eigenvalue weighted by atomic mass is 10.1. The van der Waals surface area contributed by atoms with Crippen LogP contribution in [0.4, 0.5) is 5.69 Å². The van der Waals surface area contributed by atoms with Gasteiger partial charge >= 0.3 is 0 Å². The smallest absolute Gasteiger partial charge is 0.229 e. The molecule has 0 unspecified atom stereocenters. The molecular weight excluding hydrogens is 208 g/mol. The third kappa shape index (κ3) is 1.32. The highest BCUT2D eigenvalue weighted by atomic mass is 16.6. The standard InChI is InChI=1S/C11H12N2O3/c12-4-6-5-15-9-2-1-8-7(11(9)16-6)3-10(14)13-8/h1-2,6H,3-5,12H2,(H,13,14)/t6-/m0/s1. The maximum Gasteiger partial charge on any atom is 0.229 e. The summed E-state index contributed by atoms with van der Waals surface area (Å²) in [6.07, 6.45) is 0.216. The lowest BCUT2D eigenvalue weighted by Gasteiger charge is -2.27. The molecule has 0 saturated carbocycles. The number of carbonyl (C=O) groups is 1. The lowest BCUT2D eigenvalue weighted by molar-refractivity contribution is -0.115. The first-order valence-electron chi connectivity index (χ1n) is 5.23. The van der Waals surface area contributed by atoms with E-state index in [0.717, 1.165) is 11.3 Å². The Bertz CT molecular complexity index is 459. The Morgan fingerprint density at radius 1 is 1.50 bits per heavy atom. The molecule has 16 heavy (non-hydrogen) atoms. The van der Waals surface area contributed by atoms with Gasteiger partial charge in [-0.1, -0.05) is 0 Å². The molecule has 1 aromatic carbocycles. The molecule has 2 aliphatic rings. The van der Waals surface area contributed by atoms with Crippen LogP contribution in [0.25, 0.3) is 0 Å². The van der Waals surface area contributed by atoms with Crippen molar-refractivity contribution in [3.63, 3.8) is 0 Å². The summed E-state index contributed by atoms with van der Waals surface area (Å²) < 4.78 is 11.3. The fourth-order valence-electron chi connectivity index (χ4n) is 2.00. The number of fused-ring (bicyclic) bond motifs is 3. The first kappa shape index (κ1) is 9.47. The van der Waals surface area contributed by atoms with Gasteiger partial charge in [-0.05, 0) is 12.1 Å². The maximum absolute atomic E-state index is 11.3. The Morgan fingerprint density at radius 2 is 2.38 bits per heavy atom. The molecule has 0 aliphatic carbocycles. The normalized spacial score (nSPS) is 21.6. The number of hydrogen-bond acceptors (Lipinski definition) is 4. The van der Waals surface area contributed by atoms with Crippen molar-refractivity contribution in [3.05, 3.63) is 17.7 Å². The molecular formula is C11H12N2O3. The van der Waals surface area contributed by atoms with E-state index in [1.54, 1.807) is 0 Å². The van der Waals surface area contributed by atoms with E-state index in [2.05, 4.69) is 5.32 Å². The predicted octanol–water partition coefficient (Wildman–Crippen LogP) is 0.280. The fraction of sp³-hybridized carbons (Fsp3) is 0.364. The van der Waals surface area contributed by atoms with Gasteiger partial charge in [0.25, 0.3) is 0 Å². The van der Waals surface area contributed by atoms with Crippen LogP contribution in [0.5, 0.6) is 11.5 Å². The molecule has 1 aromatic rings. The molecule has 0 saturated heterocycles. The van der Waals surface area contributed by atoms with Crippen molar-refractivity contribution in [2.24, 2.45) is 5.73 Å². The van der Waals surface area contributed by atoms with Crippen molar-refractivity contribution >= 4 is 11.6 Å². The highest BCUT2D eigenvalue weighted by molar-refractivity contribution is 6.00. The zero-order chi connectivity index (χ0) is 11.1. The first-order valence-corrected chi connectivity index (χ1v) is 5.23. The number of rotatable bonds is 1. The second-order valence-electron chi connectivity index (χ2n) is 3.93. The van der Waals surface area contributed by atoms with E-state index in [4.69, 9.17) is 15.2 Å².